The molecule has 0 aromatic heterocycles. The van der Waals surface area contributed by atoms with Crippen molar-refractivity contribution in [3.63, 3.8) is 0 Å². The van der Waals surface area contributed by atoms with Crippen LogP contribution in [0.4, 0.5) is 11.4 Å². The smallest absolute Gasteiger partial charge is 0.239 e. The number of anilines is 2. The normalized spacial score (nSPS) is 9.57. The van der Waals surface area contributed by atoms with E-state index < -0.39 is 0 Å². The molecule has 1 rings (SSSR count). The van der Waals surface area contributed by atoms with Gasteiger partial charge in [-0.25, -0.2) is 0 Å². The van der Waals surface area contributed by atoms with Crippen molar-refractivity contribution >= 4 is 28.9 Å². The summed E-state index contributed by atoms with van der Waals surface area (Å²) in [5, 5.41) is 2.56. The Morgan fingerprint density at radius 1 is 1.64 bits per heavy atom. The van der Waals surface area contributed by atoms with Gasteiger partial charge in [-0.15, -0.1) is 11.6 Å². The van der Waals surface area contributed by atoms with Gasteiger partial charge in [0.15, 0.2) is 0 Å². The fourth-order valence-electron chi connectivity index (χ4n) is 0.954. The zero-order valence-corrected chi connectivity index (χ0v) is 8.47. The van der Waals surface area contributed by atoms with Gasteiger partial charge in [0.05, 0.1) is 18.5 Å². The monoisotopic (exact) mass is 214 g/mol. The predicted molar refractivity (Wildman–Crippen MR) is 56.8 cm³/mol. The molecule has 0 saturated carbocycles. The fraction of sp³-hybridized carbons (Fsp3) is 0.222. The molecule has 0 saturated heterocycles. The molecule has 14 heavy (non-hydrogen) atoms. The highest BCUT2D eigenvalue weighted by Crippen LogP contribution is 2.24. The van der Waals surface area contributed by atoms with Crippen LogP contribution in [0.3, 0.4) is 0 Å². The van der Waals surface area contributed by atoms with E-state index in [1.54, 1.807) is 25.3 Å². The Bertz CT molecular complexity index is 342. The predicted octanol–water partition coefficient (Wildman–Crippen LogP) is 1.45. The minimum atomic E-state index is -0.299. The average molecular weight is 215 g/mol. The first-order valence-corrected chi connectivity index (χ1v) is 4.50. The topological polar surface area (TPSA) is 64.3 Å². The lowest BCUT2D eigenvalue weighted by Gasteiger charge is -2.08. The Hall–Kier alpha value is -1.42. The summed E-state index contributed by atoms with van der Waals surface area (Å²) in [5.74, 6) is 0.229. The standard InChI is InChI=1S/C9H11ClN2O2/c1-14-6-2-3-7(11)8(4-6)12-9(13)5-10/h2-4H,5,11H2,1H3,(H,12,13). The van der Waals surface area contributed by atoms with Crippen LogP contribution in [0.25, 0.3) is 0 Å². The molecule has 1 aromatic carbocycles. The SMILES string of the molecule is COc1ccc(N)c(NC(=O)CCl)c1. The van der Waals surface area contributed by atoms with Crippen molar-refractivity contribution in [3.8, 4) is 5.75 Å². The number of carbonyl (C=O) groups excluding carboxylic acids is 1. The molecule has 5 heteroatoms. The number of nitrogens with one attached hydrogen (secondary N) is 1. The van der Waals surface area contributed by atoms with Crippen molar-refractivity contribution in [2.45, 2.75) is 0 Å². The summed E-state index contributed by atoms with van der Waals surface area (Å²) in [6.45, 7) is 0. The van der Waals surface area contributed by atoms with Gasteiger partial charge >= 0.3 is 0 Å². The lowest BCUT2D eigenvalue weighted by atomic mass is 10.2. The molecule has 0 atom stereocenters. The first-order chi connectivity index (χ1) is 6.67. The second-order valence-corrected chi connectivity index (χ2v) is 2.90. The summed E-state index contributed by atoms with van der Waals surface area (Å²) in [4.78, 5) is 11.0. The third-order valence-corrected chi connectivity index (χ3v) is 1.90. The van der Waals surface area contributed by atoms with Crippen LogP contribution in [0.15, 0.2) is 18.2 Å². The fourth-order valence-corrected chi connectivity index (χ4v) is 1.02. The molecule has 0 aliphatic carbocycles. The van der Waals surface area contributed by atoms with Crippen molar-refractivity contribution in [2.24, 2.45) is 0 Å². The van der Waals surface area contributed by atoms with Gasteiger partial charge in [0.1, 0.15) is 11.6 Å². The van der Waals surface area contributed by atoms with Crippen molar-refractivity contribution < 1.29 is 9.53 Å². The molecule has 4 nitrogen and oxygen atoms in total. The second kappa shape index (κ2) is 4.72. The lowest BCUT2D eigenvalue weighted by Crippen LogP contribution is -2.13. The van der Waals surface area contributed by atoms with E-state index in [0.717, 1.165) is 0 Å². The number of alkyl halides is 1. The van der Waals surface area contributed by atoms with E-state index in [-0.39, 0.29) is 11.8 Å². The molecule has 1 amide bonds. The molecule has 0 radical (unpaired) electrons. The van der Waals surface area contributed by atoms with Crippen LogP contribution >= 0.6 is 11.6 Å². The van der Waals surface area contributed by atoms with E-state index in [4.69, 9.17) is 22.1 Å². The van der Waals surface area contributed by atoms with Gasteiger partial charge in [-0.1, -0.05) is 0 Å². The summed E-state index contributed by atoms with van der Waals surface area (Å²) in [6, 6.07) is 5.01. The van der Waals surface area contributed by atoms with Crippen LogP contribution < -0.4 is 15.8 Å². The molecule has 3 N–H and O–H groups in total. The Balaban J connectivity index is 2.89. The molecule has 0 unspecified atom stereocenters. The molecule has 76 valence electrons. The summed E-state index contributed by atoms with van der Waals surface area (Å²) in [6.07, 6.45) is 0. The average Bonchev–Trinajstić information content (AvgIpc) is 2.21. The van der Waals surface area contributed by atoms with Gasteiger partial charge < -0.3 is 15.8 Å². The summed E-state index contributed by atoms with van der Waals surface area (Å²) in [5.41, 5.74) is 6.62. The van der Waals surface area contributed by atoms with Crippen LogP contribution in [0.5, 0.6) is 5.75 Å². The van der Waals surface area contributed by atoms with Gasteiger partial charge in [0.2, 0.25) is 5.91 Å². The lowest BCUT2D eigenvalue weighted by molar-refractivity contribution is -0.113. The largest absolute Gasteiger partial charge is 0.497 e. The van der Waals surface area contributed by atoms with E-state index in [1.165, 1.54) is 0 Å². The Morgan fingerprint density at radius 3 is 2.93 bits per heavy atom. The van der Waals surface area contributed by atoms with Crippen molar-refractivity contribution in [1.29, 1.82) is 0 Å². The van der Waals surface area contributed by atoms with Crippen LogP contribution in [-0.2, 0) is 4.79 Å². The molecular formula is C9H11ClN2O2. The minimum absolute atomic E-state index is 0.101. The van der Waals surface area contributed by atoms with Gasteiger partial charge in [-0.3, -0.25) is 4.79 Å². The molecule has 0 fully saturated rings. The Kier molecular flexibility index (Phi) is 3.59. The van der Waals surface area contributed by atoms with Crippen molar-refractivity contribution in [1.82, 2.24) is 0 Å². The van der Waals surface area contributed by atoms with E-state index >= 15 is 0 Å². The first-order valence-electron chi connectivity index (χ1n) is 3.96. The quantitative estimate of drug-likeness (QED) is 0.591. The summed E-state index contributed by atoms with van der Waals surface area (Å²) < 4.78 is 4.99. The number of nitrogen functional groups attached to an aromatic ring is 1. The number of halogens is 1. The highest BCUT2D eigenvalue weighted by atomic mass is 35.5. The number of hydrogen-bond acceptors (Lipinski definition) is 3. The highest BCUT2D eigenvalue weighted by Gasteiger charge is 2.04. The number of hydrogen-bond donors (Lipinski definition) is 2. The number of rotatable bonds is 3. The third-order valence-electron chi connectivity index (χ3n) is 1.66. The Labute approximate surface area is 87.0 Å². The zero-order valence-electron chi connectivity index (χ0n) is 7.71. The number of nitrogens with two attached hydrogens (primary N) is 1. The maximum Gasteiger partial charge on any atom is 0.239 e. The first kappa shape index (κ1) is 10.7. The van der Waals surface area contributed by atoms with Gasteiger partial charge in [0, 0.05) is 6.07 Å². The maximum absolute atomic E-state index is 11.0. The minimum Gasteiger partial charge on any atom is -0.497 e. The van der Waals surface area contributed by atoms with Crippen LogP contribution in [0.2, 0.25) is 0 Å². The van der Waals surface area contributed by atoms with E-state index in [1.807, 2.05) is 0 Å². The highest BCUT2D eigenvalue weighted by molar-refractivity contribution is 6.29. The van der Waals surface area contributed by atoms with Crippen LogP contribution in [0.1, 0.15) is 0 Å². The van der Waals surface area contributed by atoms with Crippen molar-refractivity contribution in [3.05, 3.63) is 18.2 Å². The molecular weight excluding hydrogens is 204 g/mol. The third kappa shape index (κ3) is 2.53. The van der Waals surface area contributed by atoms with Gasteiger partial charge in [0.25, 0.3) is 0 Å². The number of amides is 1. The zero-order chi connectivity index (χ0) is 10.6. The Morgan fingerprint density at radius 2 is 2.36 bits per heavy atom. The summed E-state index contributed by atoms with van der Waals surface area (Å²) in [7, 11) is 1.54. The summed E-state index contributed by atoms with van der Waals surface area (Å²) >= 11 is 5.34. The molecule has 0 aliphatic heterocycles. The van der Waals surface area contributed by atoms with Crippen molar-refractivity contribution in [2.75, 3.05) is 24.0 Å². The molecule has 0 spiro atoms. The maximum atomic E-state index is 11.0. The number of methoxy groups -OCH3 is 1. The molecule has 1 aromatic rings. The van der Waals surface area contributed by atoms with Crippen LogP contribution in [-0.4, -0.2) is 18.9 Å². The van der Waals surface area contributed by atoms with Gasteiger partial charge in [-0.05, 0) is 12.1 Å². The number of benzene rings is 1. The van der Waals surface area contributed by atoms with Crippen LogP contribution in [0, 0.1) is 0 Å². The van der Waals surface area contributed by atoms with E-state index in [2.05, 4.69) is 5.32 Å². The van der Waals surface area contributed by atoms with E-state index in [0.29, 0.717) is 17.1 Å². The number of ether oxygens (including phenoxy) is 1. The number of carbonyl (C=O) groups is 1. The second-order valence-electron chi connectivity index (χ2n) is 2.63. The van der Waals surface area contributed by atoms with E-state index in [9.17, 15) is 4.79 Å². The van der Waals surface area contributed by atoms with Gasteiger partial charge in [-0.2, -0.15) is 0 Å². The molecule has 0 aliphatic rings. The molecule has 0 bridgehead atoms. The molecule has 0 heterocycles.